The summed E-state index contributed by atoms with van der Waals surface area (Å²) in [5.41, 5.74) is 3.71. The second-order valence-corrected chi connectivity index (χ2v) is 7.52. The van der Waals surface area contributed by atoms with Gasteiger partial charge in [0.15, 0.2) is 0 Å². The summed E-state index contributed by atoms with van der Waals surface area (Å²) in [6.45, 7) is 3.87. The normalized spacial score (nSPS) is 17.8. The molecule has 3 aromatic rings. The first-order chi connectivity index (χ1) is 14.9. The first-order valence-corrected chi connectivity index (χ1v) is 9.84. The van der Waals surface area contributed by atoms with E-state index >= 15 is 0 Å². The monoisotopic (exact) mass is 414 g/mol. The molecular weight excluding hydrogens is 392 g/mol. The summed E-state index contributed by atoms with van der Waals surface area (Å²) < 4.78 is 5.17. The molecule has 1 atom stereocenters. The van der Waals surface area contributed by atoms with E-state index in [9.17, 15) is 14.7 Å². The lowest BCUT2D eigenvalue weighted by molar-refractivity contribution is -0.132. The second-order valence-electron chi connectivity index (χ2n) is 7.52. The number of aliphatic hydroxyl groups is 1. The smallest absolute Gasteiger partial charge is 0.300 e. The van der Waals surface area contributed by atoms with Gasteiger partial charge in [0.25, 0.3) is 11.7 Å². The van der Waals surface area contributed by atoms with Crippen LogP contribution in [0.1, 0.15) is 28.3 Å². The van der Waals surface area contributed by atoms with E-state index in [0.717, 1.165) is 11.1 Å². The van der Waals surface area contributed by atoms with Crippen LogP contribution in [-0.4, -0.2) is 28.9 Å². The number of hydrogen-bond acceptors (Lipinski definition) is 5. The Labute approximate surface area is 180 Å². The zero-order chi connectivity index (χ0) is 22.1. The summed E-state index contributed by atoms with van der Waals surface area (Å²) in [7, 11) is 1.55. The molecule has 1 aromatic heterocycles. The van der Waals surface area contributed by atoms with Gasteiger partial charge in [-0.3, -0.25) is 19.5 Å². The number of carbonyl (C=O) groups excluding carboxylic acids is 2. The van der Waals surface area contributed by atoms with E-state index < -0.39 is 17.7 Å². The minimum Gasteiger partial charge on any atom is -0.507 e. The number of aliphatic hydroxyl groups excluding tert-OH is 1. The molecule has 1 unspecified atom stereocenters. The van der Waals surface area contributed by atoms with Crippen LogP contribution in [0, 0.1) is 13.8 Å². The molecule has 4 rings (SSSR count). The molecule has 6 heteroatoms. The highest BCUT2D eigenvalue weighted by atomic mass is 16.5. The number of rotatable bonds is 4. The number of benzene rings is 2. The molecule has 0 radical (unpaired) electrons. The Morgan fingerprint density at radius 1 is 0.968 bits per heavy atom. The molecule has 31 heavy (non-hydrogen) atoms. The highest BCUT2D eigenvalue weighted by molar-refractivity contribution is 6.51. The van der Waals surface area contributed by atoms with Crippen molar-refractivity contribution in [2.45, 2.75) is 19.9 Å². The number of aromatic nitrogens is 1. The van der Waals surface area contributed by atoms with E-state index in [0.29, 0.717) is 22.6 Å². The van der Waals surface area contributed by atoms with Gasteiger partial charge in [-0.05, 0) is 79.1 Å². The third-order valence-electron chi connectivity index (χ3n) is 5.31. The Morgan fingerprint density at radius 3 is 2.16 bits per heavy atom. The number of methoxy groups -OCH3 is 1. The highest BCUT2D eigenvalue weighted by Gasteiger charge is 2.47. The van der Waals surface area contributed by atoms with Crippen molar-refractivity contribution in [3.63, 3.8) is 0 Å². The molecule has 2 aromatic carbocycles. The standard InChI is InChI=1S/C25H22N2O4/c1-15-12-16(2)14-19(13-15)27-22(17-8-10-26-11-9-17)21(24(29)25(27)30)23(28)18-4-6-20(31-3)7-5-18/h4-14,22,28H,1-3H3/b23-21+. The quantitative estimate of drug-likeness (QED) is 0.390. The number of ether oxygens (including phenoxy) is 1. The van der Waals surface area contributed by atoms with Crippen molar-refractivity contribution in [2.24, 2.45) is 0 Å². The van der Waals surface area contributed by atoms with Crippen LogP contribution in [0.25, 0.3) is 5.76 Å². The molecular formula is C25H22N2O4. The largest absolute Gasteiger partial charge is 0.507 e. The Bertz CT molecular complexity index is 1160. The molecule has 156 valence electrons. The zero-order valence-electron chi connectivity index (χ0n) is 17.5. The van der Waals surface area contributed by atoms with Crippen LogP contribution in [0.2, 0.25) is 0 Å². The van der Waals surface area contributed by atoms with Gasteiger partial charge >= 0.3 is 0 Å². The van der Waals surface area contributed by atoms with Gasteiger partial charge in [-0.15, -0.1) is 0 Å². The van der Waals surface area contributed by atoms with Gasteiger partial charge in [-0.2, -0.15) is 0 Å². The first kappa shape index (κ1) is 20.3. The number of hydrogen-bond donors (Lipinski definition) is 1. The lowest BCUT2D eigenvalue weighted by Gasteiger charge is -2.26. The summed E-state index contributed by atoms with van der Waals surface area (Å²) in [5.74, 6) is -1.01. The van der Waals surface area contributed by atoms with Crippen LogP contribution >= 0.6 is 0 Å². The zero-order valence-corrected chi connectivity index (χ0v) is 17.5. The maximum atomic E-state index is 13.2. The van der Waals surface area contributed by atoms with E-state index in [4.69, 9.17) is 4.74 Å². The summed E-state index contributed by atoms with van der Waals surface area (Å²) in [4.78, 5) is 31.8. The van der Waals surface area contributed by atoms with Gasteiger partial charge < -0.3 is 9.84 Å². The average Bonchev–Trinajstić information content (AvgIpc) is 3.04. The lowest BCUT2D eigenvalue weighted by atomic mass is 9.95. The minimum absolute atomic E-state index is 0.0422. The van der Waals surface area contributed by atoms with E-state index in [1.165, 1.54) is 4.90 Å². The van der Waals surface area contributed by atoms with Crippen LogP contribution in [-0.2, 0) is 9.59 Å². The highest BCUT2D eigenvalue weighted by Crippen LogP contribution is 2.42. The van der Waals surface area contributed by atoms with Crippen LogP contribution in [0.3, 0.4) is 0 Å². The molecule has 1 saturated heterocycles. The van der Waals surface area contributed by atoms with Crippen LogP contribution in [0.5, 0.6) is 5.75 Å². The van der Waals surface area contributed by atoms with Gasteiger partial charge in [-0.25, -0.2) is 0 Å². The van der Waals surface area contributed by atoms with Crippen LogP contribution in [0.4, 0.5) is 5.69 Å². The van der Waals surface area contributed by atoms with Crippen molar-refractivity contribution in [1.29, 1.82) is 0 Å². The minimum atomic E-state index is -0.772. The van der Waals surface area contributed by atoms with Crippen molar-refractivity contribution in [1.82, 2.24) is 4.98 Å². The fourth-order valence-electron chi connectivity index (χ4n) is 3.95. The van der Waals surface area contributed by atoms with E-state index in [1.54, 1.807) is 55.9 Å². The number of amides is 1. The van der Waals surface area contributed by atoms with Crippen molar-refractivity contribution in [3.05, 3.63) is 94.8 Å². The van der Waals surface area contributed by atoms with Crippen molar-refractivity contribution in [3.8, 4) is 5.75 Å². The van der Waals surface area contributed by atoms with Crippen molar-refractivity contribution >= 4 is 23.1 Å². The molecule has 2 heterocycles. The van der Waals surface area contributed by atoms with Gasteiger partial charge in [0, 0.05) is 23.6 Å². The maximum absolute atomic E-state index is 13.2. The summed E-state index contributed by atoms with van der Waals surface area (Å²) in [5, 5.41) is 11.1. The Morgan fingerprint density at radius 2 is 1.58 bits per heavy atom. The molecule has 6 nitrogen and oxygen atoms in total. The molecule has 1 N–H and O–H groups in total. The first-order valence-electron chi connectivity index (χ1n) is 9.84. The predicted molar refractivity (Wildman–Crippen MR) is 118 cm³/mol. The molecule has 1 fully saturated rings. The summed E-state index contributed by atoms with van der Waals surface area (Å²) in [6, 6.07) is 15.1. The molecule has 1 amide bonds. The predicted octanol–water partition coefficient (Wildman–Crippen LogP) is 4.33. The number of ketones is 1. The molecule has 0 spiro atoms. The third kappa shape index (κ3) is 3.68. The molecule has 0 bridgehead atoms. The number of nitrogens with zero attached hydrogens (tertiary/aromatic N) is 2. The third-order valence-corrected chi connectivity index (χ3v) is 5.31. The van der Waals surface area contributed by atoms with Gasteiger partial charge in [-0.1, -0.05) is 6.07 Å². The molecule has 1 aliphatic rings. The molecule has 1 aliphatic heterocycles. The summed E-state index contributed by atoms with van der Waals surface area (Å²) >= 11 is 0. The van der Waals surface area contributed by atoms with Crippen molar-refractivity contribution in [2.75, 3.05) is 12.0 Å². The van der Waals surface area contributed by atoms with Gasteiger partial charge in [0.2, 0.25) is 0 Å². The topological polar surface area (TPSA) is 79.7 Å². The molecule has 0 aliphatic carbocycles. The van der Waals surface area contributed by atoms with Crippen LogP contribution < -0.4 is 9.64 Å². The Balaban J connectivity index is 1.93. The van der Waals surface area contributed by atoms with Gasteiger partial charge in [0.05, 0.1) is 18.7 Å². The lowest BCUT2D eigenvalue weighted by Crippen LogP contribution is -2.29. The SMILES string of the molecule is COc1ccc(/C(O)=C2\C(=O)C(=O)N(c3cc(C)cc(C)c3)C2c2ccncc2)cc1. The number of Topliss-reactive ketones (excluding diaryl/α,β-unsaturated/α-hetero) is 1. The molecule has 0 saturated carbocycles. The van der Waals surface area contributed by atoms with Gasteiger partial charge in [0.1, 0.15) is 11.5 Å². The van der Waals surface area contributed by atoms with Crippen LogP contribution in [0.15, 0.2) is 72.6 Å². The maximum Gasteiger partial charge on any atom is 0.300 e. The Hall–Kier alpha value is -3.93. The van der Waals surface area contributed by atoms with E-state index in [-0.39, 0.29) is 11.3 Å². The number of anilines is 1. The fraction of sp³-hybridized carbons (Fsp3) is 0.160. The van der Waals surface area contributed by atoms with Crippen molar-refractivity contribution < 1.29 is 19.4 Å². The number of carbonyl (C=O) groups is 2. The summed E-state index contributed by atoms with van der Waals surface area (Å²) in [6.07, 6.45) is 3.20. The number of aryl methyl sites for hydroxylation is 2. The van der Waals surface area contributed by atoms with E-state index in [1.807, 2.05) is 32.0 Å². The average molecular weight is 414 g/mol. The number of pyridine rings is 1. The Kier molecular flexibility index (Phi) is 5.29. The second kappa shape index (κ2) is 8.07. The fourth-order valence-corrected chi connectivity index (χ4v) is 3.95. The van der Waals surface area contributed by atoms with E-state index in [2.05, 4.69) is 4.98 Å².